The second-order valence-electron chi connectivity index (χ2n) is 3.65. The van der Waals surface area contributed by atoms with E-state index < -0.39 is 22.8 Å². The first-order valence-corrected chi connectivity index (χ1v) is 4.87. The third kappa shape index (κ3) is 1.87. The van der Waals surface area contributed by atoms with E-state index in [1.54, 1.807) is 0 Å². The molecule has 2 rings (SSSR count). The lowest BCUT2D eigenvalue weighted by Gasteiger charge is -2.13. The predicted molar refractivity (Wildman–Crippen MR) is 58.2 cm³/mol. The lowest BCUT2D eigenvalue weighted by Crippen LogP contribution is -2.35. The largest absolute Gasteiger partial charge is 0.319 e. The van der Waals surface area contributed by atoms with Crippen LogP contribution in [-0.4, -0.2) is 22.8 Å². The summed E-state index contributed by atoms with van der Waals surface area (Å²) in [7, 11) is 0. The van der Waals surface area contributed by atoms with Crippen LogP contribution in [0.15, 0.2) is 24.3 Å². The third-order valence-electron chi connectivity index (χ3n) is 2.50. The monoisotopic (exact) mass is 235 g/mol. The summed E-state index contributed by atoms with van der Waals surface area (Å²) in [5.74, 6) is -0.875. The lowest BCUT2D eigenvalue weighted by atomic mass is 10.2. The van der Waals surface area contributed by atoms with Crippen LogP contribution in [0.2, 0.25) is 0 Å². The second-order valence-corrected chi connectivity index (χ2v) is 3.65. The van der Waals surface area contributed by atoms with Gasteiger partial charge in [0.05, 0.1) is 23.1 Å². The van der Waals surface area contributed by atoms with Gasteiger partial charge < -0.3 is 5.73 Å². The molecule has 1 saturated heterocycles. The molecule has 1 fully saturated rings. The highest BCUT2D eigenvalue weighted by Gasteiger charge is 2.37. The Kier molecular flexibility index (Phi) is 2.60. The van der Waals surface area contributed by atoms with Gasteiger partial charge in [0.1, 0.15) is 0 Å². The molecule has 7 heteroatoms. The fourth-order valence-corrected chi connectivity index (χ4v) is 1.65. The molecule has 1 heterocycles. The van der Waals surface area contributed by atoms with Gasteiger partial charge in [-0.2, -0.15) is 0 Å². The van der Waals surface area contributed by atoms with Crippen molar-refractivity contribution in [1.29, 1.82) is 0 Å². The van der Waals surface area contributed by atoms with Gasteiger partial charge >= 0.3 is 0 Å². The molecule has 1 aromatic rings. The van der Waals surface area contributed by atoms with Crippen LogP contribution >= 0.6 is 0 Å². The van der Waals surface area contributed by atoms with Crippen molar-refractivity contribution in [2.24, 2.45) is 5.73 Å². The van der Waals surface area contributed by atoms with E-state index in [4.69, 9.17) is 5.73 Å². The molecule has 0 aliphatic carbocycles. The van der Waals surface area contributed by atoms with Crippen molar-refractivity contribution in [3.8, 4) is 0 Å². The zero-order chi connectivity index (χ0) is 12.6. The topological polar surface area (TPSA) is 107 Å². The molecule has 0 spiro atoms. The van der Waals surface area contributed by atoms with Crippen molar-refractivity contribution in [2.75, 3.05) is 4.90 Å². The number of nitro groups is 1. The number of carbonyl (C=O) groups is 2. The van der Waals surface area contributed by atoms with Gasteiger partial charge in [-0.1, -0.05) is 0 Å². The molecule has 1 aromatic carbocycles. The molecule has 0 radical (unpaired) electrons. The standard InChI is InChI=1S/C10H9N3O4/c11-8-5-9(14)12(10(8)15)6-1-3-7(4-2-6)13(16)17/h1-4,8H,5,11H2/t8-/m0/s1. The van der Waals surface area contributed by atoms with Crippen LogP contribution in [0.5, 0.6) is 0 Å². The van der Waals surface area contributed by atoms with Crippen molar-refractivity contribution in [3.63, 3.8) is 0 Å². The summed E-state index contributed by atoms with van der Waals surface area (Å²) < 4.78 is 0. The second kappa shape index (κ2) is 3.95. The first-order chi connectivity index (χ1) is 8.00. The van der Waals surface area contributed by atoms with Gasteiger partial charge in [-0.15, -0.1) is 0 Å². The van der Waals surface area contributed by atoms with Crippen LogP contribution in [-0.2, 0) is 9.59 Å². The zero-order valence-corrected chi connectivity index (χ0v) is 8.70. The summed E-state index contributed by atoms with van der Waals surface area (Å²) in [6, 6.07) is 4.36. The minimum atomic E-state index is -0.822. The van der Waals surface area contributed by atoms with E-state index >= 15 is 0 Å². The van der Waals surface area contributed by atoms with E-state index in [0.717, 1.165) is 4.90 Å². The van der Waals surface area contributed by atoms with Crippen molar-refractivity contribution in [1.82, 2.24) is 0 Å². The summed E-state index contributed by atoms with van der Waals surface area (Å²) in [6.07, 6.45) is -0.0319. The normalized spacial score (nSPS) is 19.8. The molecule has 2 N–H and O–H groups in total. The van der Waals surface area contributed by atoms with Gasteiger partial charge in [0, 0.05) is 12.1 Å². The van der Waals surface area contributed by atoms with Crippen LogP contribution < -0.4 is 10.6 Å². The number of anilines is 1. The molecule has 17 heavy (non-hydrogen) atoms. The summed E-state index contributed by atoms with van der Waals surface area (Å²) in [5.41, 5.74) is 5.66. The maximum Gasteiger partial charge on any atom is 0.269 e. The Hall–Kier alpha value is -2.28. The summed E-state index contributed by atoms with van der Waals surface area (Å²) in [6.45, 7) is 0. The minimum Gasteiger partial charge on any atom is -0.319 e. The molecule has 1 aliphatic rings. The summed E-state index contributed by atoms with van der Waals surface area (Å²) in [5, 5.41) is 10.5. The van der Waals surface area contributed by atoms with Crippen molar-refractivity contribution in [2.45, 2.75) is 12.5 Å². The number of hydrogen-bond acceptors (Lipinski definition) is 5. The van der Waals surface area contributed by atoms with E-state index in [9.17, 15) is 19.7 Å². The number of hydrogen-bond donors (Lipinski definition) is 1. The smallest absolute Gasteiger partial charge is 0.269 e. The average molecular weight is 235 g/mol. The molecule has 0 unspecified atom stereocenters. The number of benzene rings is 1. The fraction of sp³-hybridized carbons (Fsp3) is 0.200. The van der Waals surface area contributed by atoms with E-state index in [0.29, 0.717) is 5.69 Å². The molecule has 0 bridgehead atoms. The summed E-state index contributed by atoms with van der Waals surface area (Å²) in [4.78, 5) is 33.9. The van der Waals surface area contributed by atoms with Crippen LogP contribution in [0.3, 0.4) is 0 Å². The number of non-ortho nitro benzene ring substituents is 1. The summed E-state index contributed by atoms with van der Waals surface area (Å²) >= 11 is 0. The predicted octanol–water partition coefficient (Wildman–Crippen LogP) is 0.185. The highest BCUT2D eigenvalue weighted by Crippen LogP contribution is 2.24. The number of nitrogens with two attached hydrogens (primary N) is 1. The van der Waals surface area contributed by atoms with Crippen LogP contribution in [0.1, 0.15) is 6.42 Å². The van der Waals surface area contributed by atoms with Crippen LogP contribution in [0.4, 0.5) is 11.4 Å². The van der Waals surface area contributed by atoms with Gasteiger partial charge in [0.15, 0.2) is 0 Å². The first kappa shape index (κ1) is 11.2. The Balaban J connectivity index is 2.32. The Bertz CT molecular complexity index is 497. The third-order valence-corrected chi connectivity index (χ3v) is 2.50. The van der Waals surface area contributed by atoms with Gasteiger partial charge in [-0.05, 0) is 12.1 Å². The van der Waals surface area contributed by atoms with Gasteiger partial charge in [0.25, 0.3) is 11.6 Å². The maximum atomic E-state index is 11.6. The van der Waals surface area contributed by atoms with Crippen molar-refractivity contribution in [3.05, 3.63) is 34.4 Å². The SMILES string of the molecule is N[C@H]1CC(=O)N(c2ccc([N+](=O)[O-])cc2)C1=O. The number of rotatable bonds is 2. The van der Waals surface area contributed by atoms with Crippen molar-refractivity contribution >= 4 is 23.2 Å². The Morgan fingerprint density at radius 3 is 2.29 bits per heavy atom. The number of imide groups is 1. The highest BCUT2D eigenvalue weighted by molar-refractivity contribution is 6.22. The van der Waals surface area contributed by atoms with Crippen LogP contribution in [0.25, 0.3) is 0 Å². The van der Waals surface area contributed by atoms with Gasteiger partial charge in [0.2, 0.25) is 5.91 Å². The number of nitro benzene ring substituents is 1. The molecular formula is C10H9N3O4. The first-order valence-electron chi connectivity index (χ1n) is 4.87. The Morgan fingerprint density at radius 1 is 1.29 bits per heavy atom. The van der Waals surface area contributed by atoms with E-state index in [1.807, 2.05) is 0 Å². The molecule has 0 aromatic heterocycles. The van der Waals surface area contributed by atoms with Gasteiger partial charge in [-0.25, -0.2) is 4.90 Å². The van der Waals surface area contributed by atoms with E-state index in [2.05, 4.69) is 0 Å². The highest BCUT2D eigenvalue weighted by atomic mass is 16.6. The van der Waals surface area contributed by atoms with E-state index in [-0.39, 0.29) is 12.1 Å². The molecule has 2 amide bonds. The molecule has 1 atom stereocenters. The number of nitrogens with zero attached hydrogens (tertiary/aromatic N) is 2. The number of carbonyl (C=O) groups excluding carboxylic acids is 2. The van der Waals surface area contributed by atoms with E-state index in [1.165, 1.54) is 24.3 Å². The van der Waals surface area contributed by atoms with Crippen LogP contribution in [0, 0.1) is 10.1 Å². The van der Waals surface area contributed by atoms with Gasteiger partial charge in [-0.3, -0.25) is 19.7 Å². The molecule has 1 aliphatic heterocycles. The quantitative estimate of drug-likeness (QED) is 0.447. The average Bonchev–Trinajstić information content (AvgIpc) is 2.53. The molecule has 0 saturated carbocycles. The number of amides is 2. The Labute approximate surface area is 96.0 Å². The minimum absolute atomic E-state index is 0.0319. The molecule has 7 nitrogen and oxygen atoms in total. The zero-order valence-electron chi connectivity index (χ0n) is 8.70. The maximum absolute atomic E-state index is 11.6. The molecule has 88 valence electrons. The lowest BCUT2D eigenvalue weighted by molar-refractivity contribution is -0.384. The fourth-order valence-electron chi connectivity index (χ4n) is 1.65. The Morgan fingerprint density at radius 2 is 1.88 bits per heavy atom. The van der Waals surface area contributed by atoms with Crippen molar-refractivity contribution < 1.29 is 14.5 Å². The molecular weight excluding hydrogens is 226 g/mol.